The van der Waals surface area contributed by atoms with Gasteiger partial charge in [-0.25, -0.2) is 14.2 Å². The SMILES string of the molecule is Cc1cc(-c2ccc3nc(N=S(C)(C)=O)nc(C(CO)(Cc4ccccc4)c4ccccc4)c3c2)cn(C)c1=O. The summed E-state index contributed by atoms with van der Waals surface area (Å²) < 4.78 is 18.6. The fraction of sp³-hybridized carbons (Fsp3) is 0.219. The number of nitrogens with zero attached hydrogens (tertiary/aromatic N) is 4. The number of fused-ring (bicyclic) bond motifs is 1. The number of aryl methyl sites for hydroxylation is 2. The molecule has 2 heterocycles. The van der Waals surface area contributed by atoms with Crippen LogP contribution >= 0.6 is 0 Å². The average molecular weight is 553 g/mol. The Labute approximate surface area is 234 Å². The maximum Gasteiger partial charge on any atom is 0.258 e. The van der Waals surface area contributed by atoms with Crippen LogP contribution in [0.2, 0.25) is 0 Å². The summed E-state index contributed by atoms with van der Waals surface area (Å²) in [4.78, 5) is 21.9. The Balaban J connectivity index is 1.87. The normalized spacial score (nSPS) is 13.2. The number of benzene rings is 3. The lowest BCUT2D eigenvalue weighted by molar-refractivity contribution is 0.216. The van der Waals surface area contributed by atoms with E-state index in [1.807, 2.05) is 91.1 Å². The number of aliphatic hydroxyl groups is 1. The monoisotopic (exact) mass is 552 g/mol. The van der Waals surface area contributed by atoms with Crippen molar-refractivity contribution in [3.63, 3.8) is 0 Å². The fourth-order valence-electron chi connectivity index (χ4n) is 5.18. The van der Waals surface area contributed by atoms with Crippen molar-refractivity contribution in [1.29, 1.82) is 0 Å². The molecule has 7 nitrogen and oxygen atoms in total. The molecule has 0 bridgehead atoms. The van der Waals surface area contributed by atoms with Crippen LogP contribution in [0.5, 0.6) is 0 Å². The topological polar surface area (TPSA) is 97.4 Å². The highest BCUT2D eigenvalue weighted by Gasteiger charge is 2.38. The lowest BCUT2D eigenvalue weighted by Gasteiger charge is -2.33. The molecule has 0 saturated heterocycles. The van der Waals surface area contributed by atoms with Gasteiger partial charge in [0.15, 0.2) is 0 Å². The van der Waals surface area contributed by atoms with E-state index in [0.717, 1.165) is 27.6 Å². The molecule has 40 heavy (non-hydrogen) atoms. The summed E-state index contributed by atoms with van der Waals surface area (Å²) in [7, 11) is -0.811. The summed E-state index contributed by atoms with van der Waals surface area (Å²) in [5.74, 6) is 0.116. The molecule has 8 heteroatoms. The Morgan fingerprint density at radius 3 is 2.23 bits per heavy atom. The van der Waals surface area contributed by atoms with E-state index < -0.39 is 15.1 Å². The van der Waals surface area contributed by atoms with E-state index in [2.05, 4.69) is 9.35 Å². The zero-order valence-corrected chi connectivity index (χ0v) is 23.9. The zero-order chi connectivity index (χ0) is 28.5. The van der Waals surface area contributed by atoms with E-state index in [4.69, 9.17) is 4.98 Å². The summed E-state index contributed by atoms with van der Waals surface area (Å²) in [5.41, 5.74) is 4.56. The molecular formula is C32H32N4O3S. The first-order valence-corrected chi connectivity index (χ1v) is 15.3. The second-order valence-electron chi connectivity index (χ2n) is 10.5. The molecule has 0 amide bonds. The summed E-state index contributed by atoms with van der Waals surface area (Å²) in [6.07, 6.45) is 5.37. The molecule has 0 aliphatic heterocycles. The van der Waals surface area contributed by atoms with Crippen molar-refractivity contribution >= 4 is 26.6 Å². The lowest BCUT2D eigenvalue weighted by atomic mass is 9.72. The molecule has 1 unspecified atom stereocenters. The van der Waals surface area contributed by atoms with Gasteiger partial charge in [-0.3, -0.25) is 4.79 Å². The van der Waals surface area contributed by atoms with Crippen molar-refractivity contribution < 1.29 is 9.32 Å². The summed E-state index contributed by atoms with van der Waals surface area (Å²) in [6, 6.07) is 27.5. The number of aromatic nitrogens is 3. The van der Waals surface area contributed by atoms with Gasteiger partial charge in [-0.2, -0.15) is 4.36 Å². The lowest BCUT2D eigenvalue weighted by Crippen LogP contribution is -2.36. The second kappa shape index (κ2) is 10.8. The van der Waals surface area contributed by atoms with Crippen molar-refractivity contribution in [3.8, 4) is 11.1 Å². The van der Waals surface area contributed by atoms with Crippen LogP contribution in [0.25, 0.3) is 22.0 Å². The standard InChI is InChI=1S/C32H32N4O3S/c1-22-17-25(20-36(2)30(22)38)24-15-16-28-27(18-24)29(34-31(33-28)35-40(3,4)39)32(21-37,26-13-9-6-10-14-26)19-23-11-7-5-8-12-23/h5-18,20,37H,19,21H2,1-4H3. The number of hydrogen-bond acceptors (Lipinski definition) is 6. The van der Waals surface area contributed by atoms with Crippen molar-refractivity contribution in [2.75, 3.05) is 19.1 Å². The van der Waals surface area contributed by atoms with Crippen LogP contribution in [0, 0.1) is 6.92 Å². The largest absolute Gasteiger partial charge is 0.395 e. The molecule has 0 aliphatic rings. The van der Waals surface area contributed by atoms with Crippen LogP contribution in [-0.2, 0) is 28.6 Å². The van der Waals surface area contributed by atoms with Crippen molar-refractivity contribution in [3.05, 3.63) is 124 Å². The summed E-state index contributed by atoms with van der Waals surface area (Å²) in [6.45, 7) is 1.57. The Hall–Kier alpha value is -4.14. The molecule has 204 valence electrons. The van der Waals surface area contributed by atoms with Crippen LogP contribution in [0.1, 0.15) is 22.4 Å². The van der Waals surface area contributed by atoms with E-state index in [9.17, 15) is 14.1 Å². The molecule has 0 radical (unpaired) electrons. The minimum absolute atomic E-state index is 0.0474. The number of hydrogen-bond donors (Lipinski definition) is 1. The van der Waals surface area contributed by atoms with Gasteiger partial charge < -0.3 is 9.67 Å². The average Bonchev–Trinajstić information content (AvgIpc) is 2.94. The van der Waals surface area contributed by atoms with Crippen molar-refractivity contribution in [2.45, 2.75) is 18.8 Å². The molecule has 3 aromatic carbocycles. The predicted octanol–water partition coefficient (Wildman–Crippen LogP) is 5.18. The van der Waals surface area contributed by atoms with Gasteiger partial charge in [0, 0.05) is 46.4 Å². The zero-order valence-electron chi connectivity index (χ0n) is 23.0. The van der Waals surface area contributed by atoms with Gasteiger partial charge in [-0.15, -0.1) is 0 Å². The fourth-order valence-corrected chi connectivity index (χ4v) is 5.65. The Bertz CT molecular complexity index is 1840. The predicted molar refractivity (Wildman–Crippen MR) is 161 cm³/mol. The third-order valence-corrected chi connectivity index (χ3v) is 7.68. The van der Waals surface area contributed by atoms with Crippen LogP contribution < -0.4 is 5.56 Å². The number of pyridine rings is 1. The quantitative estimate of drug-likeness (QED) is 0.300. The molecule has 0 fully saturated rings. The molecule has 0 aliphatic carbocycles. The van der Waals surface area contributed by atoms with Crippen LogP contribution in [0.15, 0.2) is 100 Å². The third kappa shape index (κ3) is 5.46. The highest BCUT2D eigenvalue weighted by molar-refractivity contribution is 7.92. The van der Waals surface area contributed by atoms with Crippen molar-refractivity contribution in [1.82, 2.24) is 14.5 Å². The van der Waals surface area contributed by atoms with Gasteiger partial charge in [-0.1, -0.05) is 66.7 Å². The van der Waals surface area contributed by atoms with Gasteiger partial charge >= 0.3 is 0 Å². The van der Waals surface area contributed by atoms with Gasteiger partial charge in [0.2, 0.25) is 0 Å². The van der Waals surface area contributed by atoms with Gasteiger partial charge in [-0.05, 0) is 53.8 Å². The van der Waals surface area contributed by atoms with E-state index >= 15 is 0 Å². The summed E-state index contributed by atoms with van der Waals surface area (Å²) >= 11 is 0. The number of rotatable bonds is 7. The first-order chi connectivity index (χ1) is 19.1. The molecule has 5 aromatic rings. The minimum Gasteiger partial charge on any atom is -0.395 e. The van der Waals surface area contributed by atoms with Crippen LogP contribution in [0.3, 0.4) is 0 Å². The first-order valence-electron chi connectivity index (χ1n) is 13.0. The molecule has 0 saturated carbocycles. The highest BCUT2D eigenvalue weighted by atomic mass is 32.2. The van der Waals surface area contributed by atoms with E-state index in [1.54, 1.807) is 31.1 Å². The highest BCUT2D eigenvalue weighted by Crippen LogP contribution is 2.40. The van der Waals surface area contributed by atoms with Gasteiger partial charge in [0.05, 0.1) is 23.2 Å². The Morgan fingerprint density at radius 2 is 1.60 bits per heavy atom. The van der Waals surface area contributed by atoms with E-state index in [1.165, 1.54) is 0 Å². The van der Waals surface area contributed by atoms with E-state index in [0.29, 0.717) is 23.2 Å². The molecular weight excluding hydrogens is 520 g/mol. The van der Waals surface area contributed by atoms with Crippen LogP contribution in [0.4, 0.5) is 5.95 Å². The molecule has 1 atom stereocenters. The molecule has 0 spiro atoms. The van der Waals surface area contributed by atoms with Gasteiger partial charge in [0.25, 0.3) is 11.5 Å². The van der Waals surface area contributed by atoms with Crippen molar-refractivity contribution in [2.24, 2.45) is 11.4 Å². The molecule has 1 N–H and O–H groups in total. The first kappa shape index (κ1) is 27.4. The maximum absolute atomic E-state index is 12.7. The maximum atomic E-state index is 12.7. The second-order valence-corrected chi connectivity index (χ2v) is 13.0. The van der Waals surface area contributed by atoms with Gasteiger partial charge in [0.1, 0.15) is 0 Å². The Kier molecular flexibility index (Phi) is 7.40. The smallest absolute Gasteiger partial charge is 0.258 e. The summed E-state index contributed by atoms with van der Waals surface area (Å²) in [5, 5.41) is 12.0. The Morgan fingerprint density at radius 1 is 0.925 bits per heavy atom. The molecule has 2 aromatic heterocycles. The van der Waals surface area contributed by atoms with E-state index in [-0.39, 0.29) is 18.1 Å². The van der Waals surface area contributed by atoms with Crippen LogP contribution in [-0.4, -0.2) is 43.0 Å². The minimum atomic E-state index is -2.55. The number of aliphatic hydroxyl groups excluding tert-OH is 1. The third-order valence-electron chi connectivity index (χ3n) is 7.08. The molecule has 5 rings (SSSR count).